The molecule has 0 bridgehead atoms. The van der Waals surface area contributed by atoms with Gasteiger partial charge in [-0.05, 0) is 36.6 Å². The Bertz CT molecular complexity index is 1100. The lowest BCUT2D eigenvalue weighted by Crippen LogP contribution is -2.29. The third kappa shape index (κ3) is 5.46. The van der Waals surface area contributed by atoms with E-state index >= 15 is 0 Å². The van der Waals surface area contributed by atoms with Crippen molar-refractivity contribution in [3.63, 3.8) is 0 Å². The highest BCUT2D eigenvalue weighted by Gasteiger charge is 2.26. The summed E-state index contributed by atoms with van der Waals surface area (Å²) in [6, 6.07) is 10.1. The van der Waals surface area contributed by atoms with Crippen molar-refractivity contribution in [1.82, 2.24) is 4.90 Å². The van der Waals surface area contributed by atoms with E-state index in [9.17, 15) is 4.79 Å². The van der Waals surface area contributed by atoms with Crippen LogP contribution in [0.4, 0.5) is 0 Å². The molecule has 0 spiro atoms. The zero-order chi connectivity index (χ0) is 22.5. The molecule has 3 aliphatic rings. The number of hydrogen-bond acceptors (Lipinski definition) is 6. The molecular weight excluding hydrogens is 418 g/mol. The average Bonchev–Trinajstić information content (AvgIpc) is 3.26. The highest BCUT2D eigenvalue weighted by atomic mass is 16.7. The standard InChI is InChI=1S/C27H29NO5/c29-25-15-23(18-33-27-10-3-4-13-30-27)31-19-26(25)32-17-21-7-5-6-20(14-21)16-28-12-11-22-8-1-2-9-24(22)28/h1-2,5-9,11-12,14-15,19,22,24,27H,3-4,10,13,16-18H2. The molecule has 0 amide bonds. The van der Waals surface area contributed by atoms with Crippen LogP contribution in [0.1, 0.15) is 36.1 Å². The first-order chi connectivity index (χ1) is 16.2. The third-order valence-corrected chi connectivity index (χ3v) is 6.18. The van der Waals surface area contributed by atoms with Crippen LogP contribution in [-0.4, -0.2) is 23.8 Å². The molecule has 2 aliphatic heterocycles. The molecule has 6 nitrogen and oxygen atoms in total. The van der Waals surface area contributed by atoms with E-state index in [1.54, 1.807) is 0 Å². The smallest absolute Gasteiger partial charge is 0.227 e. The summed E-state index contributed by atoms with van der Waals surface area (Å²) in [5.41, 5.74) is 1.99. The van der Waals surface area contributed by atoms with Crippen LogP contribution in [0.15, 0.2) is 82.4 Å². The van der Waals surface area contributed by atoms with E-state index in [0.29, 0.717) is 30.9 Å². The lowest BCUT2D eigenvalue weighted by molar-refractivity contribution is -0.171. The first kappa shape index (κ1) is 21.7. The second kappa shape index (κ2) is 10.2. The second-order valence-corrected chi connectivity index (χ2v) is 8.64. The summed E-state index contributed by atoms with van der Waals surface area (Å²) in [6.07, 6.45) is 17.3. The number of rotatable bonds is 8. The van der Waals surface area contributed by atoms with Crippen LogP contribution in [0, 0.1) is 5.92 Å². The number of ether oxygens (including phenoxy) is 3. The topological polar surface area (TPSA) is 61.1 Å². The van der Waals surface area contributed by atoms with Gasteiger partial charge in [0.05, 0.1) is 6.04 Å². The summed E-state index contributed by atoms with van der Waals surface area (Å²) >= 11 is 0. The molecule has 172 valence electrons. The molecule has 1 fully saturated rings. The molecule has 5 rings (SSSR count). The van der Waals surface area contributed by atoms with E-state index < -0.39 is 0 Å². The van der Waals surface area contributed by atoms with E-state index in [1.807, 2.05) is 12.1 Å². The fourth-order valence-corrected chi connectivity index (χ4v) is 4.42. The van der Waals surface area contributed by atoms with E-state index in [2.05, 4.69) is 53.6 Å². The zero-order valence-corrected chi connectivity index (χ0v) is 18.6. The van der Waals surface area contributed by atoms with Crippen LogP contribution in [0.5, 0.6) is 5.75 Å². The van der Waals surface area contributed by atoms with Gasteiger partial charge in [-0.15, -0.1) is 0 Å². The van der Waals surface area contributed by atoms with Crippen LogP contribution in [0.3, 0.4) is 0 Å². The summed E-state index contributed by atoms with van der Waals surface area (Å²) < 4.78 is 22.5. The van der Waals surface area contributed by atoms with Gasteiger partial charge in [0.25, 0.3) is 0 Å². The number of hydrogen-bond donors (Lipinski definition) is 0. The molecule has 3 unspecified atom stereocenters. The third-order valence-electron chi connectivity index (χ3n) is 6.18. The van der Waals surface area contributed by atoms with Gasteiger partial charge in [0, 0.05) is 25.1 Å². The molecule has 2 aromatic rings. The Morgan fingerprint density at radius 2 is 1.94 bits per heavy atom. The lowest BCUT2D eigenvalue weighted by atomic mass is 9.97. The molecule has 1 aromatic carbocycles. The Morgan fingerprint density at radius 1 is 1.03 bits per heavy atom. The Labute approximate surface area is 193 Å². The van der Waals surface area contributed by atoms with Gasteiger partial charge in [-0.1, -0.05) is 54.6 Å². The van der Waals surface area contributed by atoms with Crippen molar-refractivity contribution in [2.24, 2.45) is 5.92 Å². The van der Waals surface area contributed by atoms with E-state index in [-0.39, 0.29) is 24.1 Å². The quantitative estimate of drug-likeness (QED) is 0.585. The SMILES string of the molecule is O=c1cc(COC2CCCCO2)occ1OCc1cccc(CN2C=CC3C=CC=CC32)c1. The summed E-state index contributed by atoms with van der Waals surface area (Å²) in [6.45, 7) is 2.05. The van der Waals surface area contributed by atoms with Gasteiger partial charge in [-0.25, -0.2) is 0 Å². The van der Waals surface area contributed by atoms with Crippen molar-refractivity contribution in [3.8, 4) is 5.75 Å². The minimum absolute atomic E-state index is 0.197. The molecule has 1 saturated heterocycles. The highest BCUT2D eigenvalue weighted by Crippen LogP contribution is 2.28. The van der Waals surface area contributed by atoms with Crippen LogP contribution < -0.4 is 10.2 Å². The Kier molecular flexibility index (Phi) is 6.74. The first-order valence-electron chi connectivity index (χ1n) is 11.6. The van der Waals surface area contributed by atoms with Crippen molar-refractivity contribution >= 4 is 0 Å². The summed E-state index contributed by atoms with van der Waals surface area (Å²) in [7, 11) is 0. The van der Waals surface area contributed by atoms with Crippen LogP contribution in [-0.2, 0) is 29.2 Å². The zero-order valence-electron chi connectivity index (χ0n) is 18.6. The number of nitrogens with zero attached hydrogens (tertiary/aromatic N) is 1. The normalized spacial score (nSPS) is 23.6. The Balaban J connectivity index is 1.15. The average molecular weight is 448 g/mol. The van der Waals surface area contributed by atoms with Crippen LogP contribution in [0.25, 0.3) is 0 Å². The van der Waals surface area contributed by atoms with Gasteiger partial charge < -0.3 is 23.5 Å². The van der Waals surface area contributed by atoms with E-state index in [4.69, 9.17) is 18.6 Å². The first-order valence-corrected chi connectivity index (χ1v) is 11.6. The number of benzene rings is 1. The van der Waals surface area contributed by atoms with E-state index in [1.165, 1.54) is 17.9 Å². The van der Waals surface area contributed by atoms with Crippen LogP contribution >= 0.6 is 0 Å². The molecule has 1 aliphatic carbocycles. The molecule has 6 heteroatoms. The maximum absolute atomic E-state index is 12.4. The molecular formula is C27H29NO5. The Morgan fingerprint density at radius 3 is 2.82 bits per heavy atom. The van der Waals surface area contributed by atoms with Crippen molar-refractivity contribution in [2.45, 2.75) is 51.4 Å². The number of allylic oxidation sites excluding steroid dienone is 2. The van der Waals surface area contributed by atoms with E-state index in [0.717, 1.165) is 31.4 Å². The van der Waals surface area contributed by atoms with Gasteiger partial charge >= 0.3 is 0 Å². The molecule has 0 radical (unpaired) electrons. The van der Waals surface area contributed by atoms with Gasteiger partial charge in [-0.3, -0.25) is 4.79 Å². The van der Waals surface area contributed by atoms with Gasteiger partial charge in [0.1, 0.15) is 25.2 Å². The fraction of sp³-hybridized carbons (Fsp3) is 0.370. The molecule has 0 N–H and O–H groups in total. The van der Waals surface area contributed by atoms with Crippen molar-refractivity contribution in [1.29, 1.82) is 0 Å². The van der Waals surface area contributed by atoms with Crippen LogP contribution in [0.2, 0.25) is 0 Å². The van der Waals surface area contributed by atoms with Crippen molar-refractivity contribution in [3.05, 3.63) is 100 Å². The minimum atomic E-state index is -0.222. The fourth-order valence-electron chi connectivity index (χ4n) is 4.42. The number of fused-ring (bicyclic) bond motifs is 1. The maximum atomic E-state index is 12.4. The molecule has 1 aromatic heterocycles. The summed E-state index contributed by atoms with van der Waals surface area (Å²) in [4.78, 5) is 14.8. The van der Waals surface area contributed by atoms with Gasteiger partial charge in [0.2, 0.25) is 11.2 Å². The monoisotopic (exact) mass is 447 g/mol. The maximum Gasteiger partial charge on any atom is 0.227 e. The predicted molar refractivity (Wildman–Crippen MR) is 124 cm³/mol. The lowest BCUT2D eigenvalue weighted by Gasteiger charge is -2.27. The summed E-state index contributed by atoms with van der Waals surface area (Å²) in [5, 5.41) is 0. The molecule has 0 saturated carbocycles. The highest BCUT2D eigenvalue weighted by molar-refractivity contribution is 5.29. The molecule has 3 heterocycles. The summed E-state index contributed by atoms with van der Waals surface area (Å²) in [5.74, 6) is 1.11. The van der Waals surface area contributed by atoms with Crippen molar-refractivity contribution < 1.29 is 18.6 Å². The second-order valence-electron chi connectivity index (χ2n) is 8.64. The minimum Gasteiger partial charge on any atom is -0.482 e. The predicted octanol–water partition coefficient (Wildman–Crippen LogP) is 4.70. The Hall–Kier alpha value is -3.09. The van der Waals surface area contributed by atoms with Gasteiger partial charge in [0.15, 0.2) is 6.29 Å². The largest absolute Gasteiger partial charge is 0.482 e. The molecule has 33 heavy (non-hydrogen) atoms. The molecule has 3 atom stereocenters. The van der Waals surface area contributed by atoms with Crippen molar-refractivity contribution in [2.75, 3.05) is 6.61 Å². The van der Waals surface area contributed by atoms with Gasteiger partial charge in [-0.2, -0.15) is 0 Å².